The molecule has 0 radical (unpaired) electrons. The Morgan fingerprint density at radius 2 is 1.74 bits per heavy atom. The molecule has 0 aromatic rings. The summed E-state index contributed by atoms with van der Waals surface area (Å²) in [5, 5.41) is 3.61. The smallest absolute Gasteiger partial charge is 0.410 e. The fourth-order valence-corrected chi connectivity index (χ4v) is 4.44. The minimum atomic E-state index is -1.85. The zero-order valence-corrected chi connectivity index (χ0v) is 17.0. The van der Waals surface area contributed by atoms with Gasteiger partial charge in [0.25, 0.3) is 0 Å². The molecule has 0 saturated carbocycles. The maximum Gasteiger partial charge on any atom is 0.410 e. The van der Waals surface area contributed by atoms with Gasteiger partial charge in [0, 0.05) is 13.1 Å². The predicted molar refractivity (Wildman–Crippen MR) is 95.2 cm³/mol. The lowest BCUT2D eigenvalue weighted by Crippen LogP contribution is -2.57. The molecule has 2 saturated heterocycles. The van der Waals surface area contributed by atoms with E-state index in [0.29, 0.717) is 0 Å². The predicted octanol–water partition coefficient (Wildman–Crippen LogP) is 3.36. The zero-order chi connectivity index (χ0) is 17.6. The van der Waals surface area contributed by atoms with Gasteiger partial charge in [0.15, 0.2) is 8.32 Å². The minimum Gasteiger partial charge on any atom is -0.444 e. The number of nitrogens with zero attached hydrogens (tertiary/aromatic N) is 1. The lowest BCUT2D eigenvalue weighted by atomic mass is 10.2. The number of rotatable bonds is 2. The van der Waals surface area contributed by atoms with Gasteiger partial charge in [-0.05, 0) is 45.3 Å². The van der Waals surface area contributed by atoms with Crippen LogP contribution in [0.3, 0.4) is 0 Å². The van der Waals surface area contributed by atoms with Crippen molar-refractivity contribution in [1.82, 2.24) is 10.2 Å². The number of carbonyl (C=O) groups is 1. The average molecular weight is 343 g/mol. The van der Waals surface area contributed by atoms with Crippen molar-refractivity contribution in [2.75, 3.05) is 13.1 Å². The summed E-state index contributed by atoms with van der Waals surface area (Å²) in [5.41, 5.74) is -0.461. The van der Waals surface area contributed by atoms with Crippen molar-refractivity contribution in [2.45, 2.75) is 89.9 Å². The number of amides is 1. The van der Waals surface area contributed by atoms with Crippen LogP contribution in [0.25, 0.3) is 0 Å². The van der Waals surface area contributed by atoms with Crippen LogP contribution in [0, 0.1) is 0 Å². The first kappa shape index (κ1) is 18.7. The van der Waals surface area contributed by atoms with Gasteiger partial charge >= 0.3 is 6.09 Å². The molecule has 23 heavy (non-hydrogen) atoms. The van der Waals surface area contributed by atoms with Crippen molar-refractivity contribution in [3.05, 3.63) is 0 Å². The normalized spacial score (nSPS) is 28.9. The van der Waals surface area contributed by atoms with Crippen LogP contribution in [0.1, 0.15) is 48.0 Å². The Morgan fingerprint density at radius 3 is 2.26 bits per heavy atom. The number of fused-ring (bicyclic) bond motifs is 2. The first-order chi connectivity index (χ1) is 10.3. The van der Waals surface area contributed by atoms with Crippen molar-refractivity contribution in [1.29, 1.82) is 0 Å². The third kappa shape index (κ3) is 4.09. The topological polar surface area (TPSA) is 50.8 Å². The Kier molecular flexibility index (Phi) is 4.92. The molecule has 2 aliphatic rings. The highest BCUT2D eigenvalue weighted by Crippen LogP contribution is 2.41. The average Bonchev–Trinajstić information content (AvgIpc) is 2.52. The van der Waals surface area contributed by atoms with Gasteiger partial charge in [-0.15, -0.1) is 0 Å². The minimum absolute atomic E-state index is 0.0812. The highest BCUT2D eigenvalue weighted by atomic mass is 28.4. The molecule has 134 valence electrons. The van der Waals surface area contributed by atoms with E-state index >= 15 is 0 Å². The van der Waals surface area contributed by atoms with E-state index in [-0.39, 0.29) is 29.3 Å². The largest absolute Gasteiger partial charge is 0.444 e. The van der Waals surface area contributed by atoms with Crippen LogP contribution in [0.5, 0.6) is 0 Å². The van der Waals surface area contributed by atoms with E-state index in [9.17, 15) is 4.79 Å². The zero-order valence-electron chi connectivity index (χ0n) is 16.0. The van der Waals surface area contributed by atoms with E-state index in [1.165, 1.54) is 0 Å². The van der Waals surface area contributed by atoms with Crippen molar-refractivity contribution in [3.63, 3.8) is 0 Å². The number of carbonyl (C=O) groups excluding carboxylic acids is 1. The third-order valence-electron chi connectivity index (χ3n) is 5.27. The van der Waals surface area contributed by atoms with Crippen molar-refractivity contribution in [3.8, 4) is 0 Å². The molecule has 2 heterocycles. The number of piperazine rings is 1. The summed E-state index contributed by atoms with van der Waals surface area (Å²) in [6.45, 7) is 18.7. The molecule has 2 fully saturated rings. The van der Waals surface area contributed by atoms with Crippen LogP contribution in [0.2, 0.25) is 18.1 Å². The summed E-state index contributed by atoms with van der Waals surface area (Å²) >= 11 is 0. The van der Waals surface area contributed by atoms with Crippen LogP contribution >= 0.6 is 0 Å². The van der Waals surface area contributed by atoms with Gasteiger partial charge in [0.2, 0.25) is 0 Å². The van der Waals surface area contributed by atoms with Crippen LogP contribution < -0.4 is 5.32 Å². The first-order valence-electron chi connectivity index (χ1n) is 8.72. The lowest BCUT2D eigenvalue weighted by Gasteiger charge is -2.41. The van der Waals surface area contributed by atoms with E-state index in [1.807, 2.05) is 25.7 Å². The molecule has 0 spiro atoms. The third-order valence-corrected chi connectivity index (χ3v) is 9.78. The monoisotopic (exact) mass is 342 g/mol. The van der Waals surface area contributed by atoms with Gasteiger partial charge in [0.05, 0.1) is 18.2 Å². The van der Waals surface area contributed by atoms with Crippen molar-refractivity contribution < 1.29 is 14.0 Å². The molecule has 3 atom stereocenters. The Labute approximate surface area is 142 Å². The van der Waals surface area contributed by atoms with Gasteiger partial charge in [0.1, 0.15) is 5.60 Å². The molecular weight excluding hydrogens is 308 g/mol. The van der Waals surface area contributed by atoms with Gasteiger partial charge in [-0.1, -0.05) is 20.8 Å². The summed E-state index contributed by atoms with van der Waals surface area (Å²) in [5.74, 6) is 0. The van der Waals surface area contributed by atoms with E-state index in [1.54, 1.807) is 0 Å². The fourth-order valence-electron chi connectivity index (χ4n) is 3.08. The van der Waals surface area contributed by atoms with Crippen molar-refractivity contribution in [2.24, 2.45) is 0 Å². The fraction of sp³-hybridized carbons (Fsp3) is 0.941. The maximum atomic E-state index is 12.6. The lowest BCUT2D eigenvalue weighted by molar-refractivity contribution is 0.00437. The van der Waals surface area contributed by atoms with Crippen LogP contribution in [-0.2, 0) is 9.16 Å². The second-order valence-electron chi connectivity index (χ2n) is 9.42. The molecule has 1 N–H and O–H groups in total. The number of hydrogen-bond acceptors (Lipinski definition) is 4. The Bertz CT molecular complexity index is 454. The van der Waals surface area contributed by atoms with Crippen LogP contribution in [-0.4, -0.2) is 56.2 Å². The summed E-state index contributed by atoms with van der Waals surface area (Å²) in [6.07, 6.45) is 0.822. The quantitative estimate of drug-likeness (QED) is 0.782. The molecule has 2 bridgehead atoms. The van der Waals surface area contributed by atoms with Crippen molar-refractivity contribution >= 4 is 14.4 Å². The molecule has 0 aromatic carbocycles. The molecule has 5 nitrogen and oxygen atoms in total. The van der Waals surface area contributed by atoms with E-state index in [2.05, 4.69) is 39.2 Å². The molecule has 1 amide bonds. The molecular formula is C17H34N2O3Si. The number of hydrogen-bond donors (Lipinski definition) is 1. The van der Waals surface area contributed by atoms with E-state index in [0.717, 1.165) is 19.5 Å². The summed E-state index contributed by atoms with van der Waals surface area (Å²) in [4.78, 5) is 14.5. The second-order valence-corrected chi connectivity index (χ2v) is 14.2. The highest BCUT2D eigenvalue weighted by molar-refractivity contribution is 6.74. The van der Waals surface area contributed by atoms with E-state index < -0.39 is 13.9 Å². The van der Waals surface area contributed by atoms with Gasteiger partial charge < -0.3 is 14.5 Å². The van der Waals surface area contributed by atoms with Crippen LogP contribution in [0.4, 0.5) is 4.79 Å². The number of nitrogens with one attached hydrogen (secondary N) is 1. The molecule has 0 aromatic heterocycles. The summed E-state index contributed by atoms with van der Waals surface area (Å²) < 4.78 is 12.3. The maximum absolute atomic E-state index is 12.6. The van der Waals surface area contributed by atoms with Gasteiger partial charge in [-0.3, -0.25) is 4.90 Å². The van der Waals surface area contributed by atoms with Gasteiger partial charge in [-0.2, -0.15) is 0 Å². The Balaban J connectivity index is 2.13. The Hall–Kier alpha value is -0.593. The summed E-state index contributed by atoms with van der Waals surface area (Å²) in [7, 11) is -1.85. The molecule has 2 rings (SSSR count). The SMILES string of the molecule is CC(C)(C)OC(=O)N1[C@H]2CNC[C@@H]1[C@H](O[Si](C)(C)C(C)(C)C)C2. The number of ether oxygens (including phenoxy) is 1. The molecule has 2 aliphatic heterocycles. The van der Waals surface area contributed by atoms with Gasteiger partial charge in [-0.25, -0.2) is 4.79 Å². The first-order valence-corrected chi connectivity index (χ1v) is 11.6. The van der Waals surface area contributed by atoms with E-state index in [4.69, 9.17) is 9.16 Å². The standard InChI is InChI=1S/C17H34N2O3Si/c1-16(2,3)21-15(20)19-12-9-14(13(19)11-18-10-12)22-23(7,8)17(4,5)6/h12-14,18H,9-11H2,1-8H3/t12-,13-,14-/m1/s1. The summed E-state index contributed by atoms with van der Waals surface area (Å²) in [6, 6.07) is 0.260. The molecule has 0 unspecified atom stereocenters. The second kappa shape index (κ2) is 6.04. The molecule has 0 aliphatic carbocycles. The van der Waals surface area contributed by atoms with Crippen LogP contribution in [0.15, 0.2) is 0 Å². The highest BCUT2D eigenvalue weighted by Gasteiger charge is 2.51. The Morgan fingerprint density at radius 1 is 1.13 bits per heavy atom. The molecule has 6 heteroatoms.